The molecule has 1 N–H and O–H groups in total. The number of aromatic nitrogens is 1. The highest BCUT2D eigenvalue weighted by atomic mass is 32.1. The molecule has 0 unspecified atom stereocenters. The molecule has 13 heavy (non-hydrogen) atoms. The molecule has 0 saturated carbocycles. The Morgan fingerprint density at radius 1 is 1.69 bits per heavy atom. The lowest BCUT2D eigenvalue weighted by Gasteiger charge is -1.99. The topological polar surface area (TPSA) is 68.3 Å². The molecule has 0 bridgehead atoms. The molecular formula is C7H8N2O3S. The number of nitrogens with one attached hydrogen (secondary N) is 1. The lowest BCUT2D eigenvalue weighted by Crippen LogP contribution is -2.29. The highest BCUT2D eigenvalue weighted by molar-refractivity contribution is 7.11. The van der Waals surface area contributed by atoms with E-state index < -0.39 is 5.97 Å². The van der Waals surface area contributed by atoms with Crippen LogP contribution in [0.3, 0.4) is 0 Å². The number of rotatable bonds is 3. The van der Waals surface area contributed by atoms with Crippen molar-refractivity contribution in [3.63, 3.8) is 0 Å². The molecule has 1 rings (SSSR count). The van der Waals surface area contributed by atoms with Gasteiger partial charge in [-0.3, -0.25) is 9.59 Å². The minimum atomic E-state index is -0.482. The first-order valence-corrected chi connectivity index (χ1v) is 4.36. The van der Waals surface area contributed by atoms with Crippen LogP contribution >= 0.6 is 11.3 Å². The van der Waals surface area contributed by atoms with E-state index in [4.69, 9.17) is 0 Å². The van der Waals surface area contributed by atoms with E-state index >= 15 is 0 Å². The molecule has 1 heterocycles. The van der Waals surface area contributed by atoms with Crippen molar-refractivity contribution in [2.75, 3.05) is 13.7 Å². The summed E-state index contributed by atoms with van der Waals surface area (Å²) in [6.07, 6.45) is 1.53. The number of hydrogen-bond acceptors (Lipinski definition) is 5. The van der Waals surface area contributed by atoms with Crippen LogP contribution < -0.4 is 5.32 Å². The Balaban J connectivity index is 2.39. The van der Waals surface area contributed by atoms with Gasteiger partial charge in [-0.25, -0.2) is 4.98 Å². The van der Waals surface area contributed by atoms with E-state index in [-0.39, 0.29) is 12.5 Å². The number of amides is 1. The number of methoxy groups -OCH3 is 1. The summed E-state index contributed by atoms with van der Waals surface area (Å²) >= 11 is 1.22. The van der Waals surface area contributed by atoms with Gasteiger partial charge in [-0.1, -0.05) is 0 Å². The van der Waals surface area contributed by atoms with Crippen molar-refractivity contribution in [2.24, 2.45) is 0 Å². The smallest absolute Gasteiger partial charge is 0.325 e. The van der Waals surface area contributed by atoms with E-state index in [2.05, 4.69) is 15.0 Å². The van der Waals surface area contributed by atoms with Crippen LogP contribution in [0, 0.1) is 0 Å². The summed E-state index contributed by atoms with van der Waals surface area (Å²) in [5.74, 6) is -0.842. The quantitative estimate of drug-likeness (QED) is 0.700. The maximum absolute atomic E-state index is 11.2. The van der Waals surface area contributed by atoms with Crippen molar-refractivity contribution < 1.29 is 14.3 Å². The van der Waals surface area contributed by atoms with Gasteiger partial charge in [-0.05, 0) is 0 Å². The molecule has 1 aromatic rings. The van der Waals surface area contributed by atoms with E-state index in [1.54, 1.807) is 5.38 Å². The summed E-state index contributed by atoms with van der Waals surface area (Å²) < 4.78 is 4.35. The third-order valence-corrected chi connectivity index (χ3v) is 2.02. The van der Waals surface area contributed by atoms with Gasteiger partial charge < -0.3 is 10.1 Å². The van der Waals surface area contributed by atoms with E-state index in [1.165, 1.54) is 24.6 Å². The number of thiazole rings is 1. The van der Waals surface area contributed by atoms with Crippen LogP contribution in [0.5, 0.6) is 0 Å². The Morgan fingerprint density at radius 3 is 3.00 bits per heavy atom. The van der Waals surface area contributed by atoms with Crippen molar-refractivity contribution in [3.8, 4) is 0 Å². The van der Waals surface area contributed by atoms with Crippen molar-refractivity contribution >= 4 is 23.2 Å². The largest absolute Gasteiger partial charge is 0.468 e. The Morgan fingerprint density at radius 2 is 2.46 bits per heavy atom. The zero-order valence-electron chi connectivity index (χ0n) is 6.94. The first-order valence-electron chi connectivity index (χ1n) is 3.48. The minimum absolute atomic E-state index is 0.130. The van der Waals surface area contributed by atoms with Crippen molar-refractivity contribution in [2.45, 2.75) is 0 Å². The predicted molar refractivity (Wildman–Crippen MR) is 46.5 cm³/mol. The summed E-state index contributed by atoms with van der Waals surface area (Å²) in [5, 5.41) is 4.39. The second-order valence-electron chi connectivity index (χ2n) is 2.10. The van der Waals surface area contributed by atoms with Crippen molar-refractivity contribution in [1.29, 1.82) is 0 Å². The summed E-state index contributed by atoms with van der Waals surface area (Å²) in [7, 11) is 1.26. The predicted octanol–water partition coefficient (Wildman–Crippen LogP) is 0.0459. The molecule has 0 spiro atoms. The van der Waals surface area contributed by atoms with Crippen LogP contribution in [0.1, 0.15) is 9.80 Å². The second-order valence-corrected chi connectivity index (χ2v) is 2.99. The highest BCUT2D eigenvalue weighted by Gasteiger charge is 2.09. The Labute approximate surface area is 78.7 Å². The fourth-order valence-electron chi connectivity index (χ4n) is 0.636. The fourth-order valence-corrected chi connectivity index (χ4v) is 1.19. The van der Waals surface area contributed by atoms with E-state index in [1.807, 2.05) is 0 Å². The number of carbonyl (C=O) groups excluding carboxylic acids is 2. The van der Waals surface area contributed by atoms with Gasteiger partial charge in [0.05, 0.1) is 7.11 Å². The SMILES string of the molecule is COC(=O)CNC(=O)c1nccs1. The van der Waals surface area contributed by atoms with Gasteiger partial charge in [0.2, 0.25) is 0 Å². The van der Waals surface area contributed by atoms with Crippen molar-refractivity contribution in [1.82, 2.24) is 10.3 Å². The molecule has 0 aliphatic rings. The fraction of sp³-hybridized carbons (Fsp3) is 0.286. The highest BCUT2D eigenvalue weighted by Crippen LogP contribution is 2.02. The van der Waals surface area contributed by atoms with E-state index in [0.29, 0.717) is 5.01 Å². The summed E-state index contributed by atoms with van der Waals surface area (Å²) in [4.78, 5) is 25.6. The van der Waals surface area contributed by atoms with E-state index in [0.717, 1.165) is 0 Å². The molecule has 1 aromatic heterocycles. The van der Waals surface area contributed by atoms with Crippen LogP contribution in [0.2, 0.25) is 0 Å². The molecule has 0 aliphatic carbocycles. The molecule has 5 nitrogen and oxygen atoms in total. The summed E-state index contributed by atoms with van der Waals surface area (Å²) in [5.41, 5.74) is 0. The van der Waals surface area contributed by atoms with Gasteiger partial charge in [0.1, 0.15) is 6.54 Å². The van der Waals surface area contributed by atoms with Gasteiger partial charge in [-0.2, -0.15) is 0 Å². The molecule has 0 aromatic carbocycles. The number of ether oxygens (including phenoxy) is 1. The maximum Gasteiger partial charge on any atom is 0.325 e. The average molecular weight is 200 g/mol. The molecule has 0 radical (unpaired) electrons. The van der Waals surface area contributed by atoms with E-state index in [9.17, 15) is 9.59 Å². The minimum Gasteiger partial charge on any atom is -0.468 e. The molecule has 0 fully saturated rings. The van der Waals surface area contributed by atoms with Crippen LogP contribution in [0.4, 0.5) is 0 Å². The monoisotopic (exact) mass is 200 g/mol. The molecule has 0 atom stereocenters. The molecule has 0 aliphatic heterocycles. The van der Waals surface area contributed by atoms with Gasteiger partial charge >= 0.3 is 5.97 Å². The van der Waals surface area contributed by atoms with Crippen LogP contribution in [-0.2, 0) is 9.53 Å². The standard InChI is InChI=1S/C7H8N2O3S/c1-12-5(10)4-9-6(11)7-8-2-3-13-7/h2-3H,4H2,1H3,(H,9,11). The zero-order chi connectivity index (χ0) is 9.68. The third-order valence-electron chi connectivity index (χ3n) is 1.25. The number of carbonyl (C=O) groups is 2. The van der Waals surface area contributed by atoms with Crippen LogP contribution in [0.25, 0.3) is 0 Å². The average Bonchev–Trinajstić information content (AvgIpc) is 2.66. The molecule has 1 amide bonds. The Bertz CT molecular complexity index is 297. The zero-order valence-corrected chi connectivity index (χ0v) is 7.76. The maximum atomic E-state index is 11.2. The molecular weight excluding hydrogens is 192 g/mol. The number of nitrogens with zero attached hydrogens (tertiary/aromatic N) is 1. The first kappa shape index (κ1) is 9.66. The molecule has 70 valence electrons. The Hall–Kier alpha value is -1.43. The molecule has 6 heteroatoms. The summed E-state index contributed by atoms with van der Waals surface area (Å²) in [6.45, 7) is -0.130. The lowest BCUT2D eigenvalue weighted by molar-refractivity contribution is -0.139. The number of esters is 1. The first-order chi connectivity index (χ1) is 6.24. The van der Waals surface area contributed by atoms with Gasteiger partial charge in [0.25, 0.3) is 5.91 Å². The second kappa shape index (κ2) is 4.56. The van der Waals surface area contributed by atoms with Gasteiger partial charge in [0, 0.05) is 11.6 Å². The Kier molecular flexibility index (Phi) is 3.39. The van der Waals surface area contributed by atoms with Gasteiger partial charge in [-0.15, -0.1) is 11.3 Å². The van der Waals surface area contributed by atoms with Crippen molar-refractivity contribution in [3.05, 3.63) is 16.6 Å². The third kappa shape index (κ3) is 2.83. The van der Waals surface area contributed by atoms with Crippen LogP contribution in [0.15, 0.2) is 11.6 Å². The van der Waals surface area contributed by atoms with Gasteiger partial charge in [0.15, 0.2) is 5.01 Å². The number of hydrogen-bond donors (Lipinski definition) is 1. The normalized spacial score (nSPS) is 9.31. The lowest BCUT2D eigenvalue weighted by atomic mass is 10.5. The van der Waals surface area contributed by atoms with Crippen LogP contribution in [-0.4, -0.2) is 30.5 Å². The molecule has 0 saturated heterocycles. The summed E-state index contributed by atoms with van der Waals surface area (Å²) in [6, 6.07) is 0.